The molecular formula is C45H31N3O. The SMILES string of the molecule is [C-]#[N+]c1ccc2c(c1)C1(c3ccccc3Oc3ccccc31)c1cc(-c3cccc(-c4cccc(-c5nc(C)nc(C)c5C)c4)c3)ccc1-2. The van der Waals surface area contributed by atoms with Crippen molar-refractivity contribution in [3.05, 3.63) is 184 Å². The number of hydrogen-bond acceptors (Lipinski definition) is 3. The molecule has 0 saturated carbocycles. The van der Waals surface area contributed by atoms with Gasteiger partial charge in [-0.2, -0.15) is 0 Å². The molecule has 7 aromatic rings. The highest BCUT2D eigenvalue weighted by Gasteiger charge is 2.51. The Morgan fingerprint density at radius 1 is 0.531 bits per heavy atom. The maximum absolute atomic E-state index is 7.88. The topological polar surface area (TPSA) is 39.4 Å². The summed E-state index contributed by atoms with van der Waals surface area (Å²) in [5, 5.41) is 0. The highest BCUT2D eigenvalue weighted by Crippen LogP contribution is 2.62. The summed E-state index contributed by atoms with van der Waals surface area (Å²) in [5.41, 5.74) is 15.5. The van der Waals surface area contributed by atoms with E-state index in [9.17, 15) is 0 Å². The van der Waals surface area contributed by atoms with Crippen molar-refractivity contribution in [2.45, 2.75) is 26.2 Å². The number of aryl methyl sites for hydroxylation is 2. The van der Waals surface area contributed by atoms with Crippen molar-refractivity contribution in [2.24, 2.45) is 0 Å². The van der Waals surface area contributed by atoms with Gasteiger partial charge in [-0.25, -0.2) is 14.8 Å². The van der Waals surface area contributed by atoms with Crippen LogP contribution >= 0.6 is 0 Å². The predicted octanol–water partition coefficient (Wildman–Crippen LogP) is 11.4. The average molecular weight is 630 g/mol. The second kappa shape index (κ2) is 10.9. The number of benzene rings is 6. The number of aromatic nitrogens is 2. The zero-order chi connectivity index (χ0) is 33.3. The molecule has 49 heavy (non-hydrogen) atoms. The van der Waals surface area contributed by atoms with E-state index in [4.69, 9.17) is 16.3 Å². The highest BCUT2D eigenvalue weighted by molar-refractivity contribution is 5.91. The lowest BCUT2D eigenvalue weighted by Gasteiger charge is -2.39. The van der Waals surface area contributed by atoms with E-state index < -0.39 is 5.41 Å². The van der Waals surface area contributed by atoms with Crippen LogP contribution in [0.5, 0.6) is 11.5 Å². The van der Waals surface area contributed by atoms with Crippen LogP contribution in [0, 0.1) is 27.3 Å². The summed E-state index contributed by atoms with van der Waals surface area (Å²) in [5.74, 6) is 2.46. The van der Waals surface area contributed by atoms with Gasteiger partial charge >= 0.3 is 0 Å². The molecule has 1 aliphatic heterocycles. The van der Waals surface area contributed by atoms with Crippen LogP contribution in [0.3, 0.4) is 0 Å². The van der Waals surface area contributed by atoms with Crippen LogP contribution in [0.2, 0.25) is 0 Å². The number of fused-ring (bicyclic) bond motifs is 9. The van der Waals surface area contributed by atoms with Gasteiger partial charge in [-0.15, -0.1) is 0 Å². The molecule has 2 heterocycles. The van der Waals surface area contributed by atoms with Gasteiger partial charge in [-0.05, 0) is 101 Å². The quantitative estimate of drug-likeness (QED) is 0.183. The Morgan fingerprint density at radius 3 is 1.73 bits per heavy atom. The molecule has 0 bridgehead atoms. The van der Waals surface area contributed by atoms with Crippen LogP contribution in [0.15, 0.2) is 133 Å². The smallest absolute Gasteiger partial charge is 0.187 e. The Labute approximate surface area is 286 Å². The van der Waals surface area contributed by atoms with E-state index in [1.54, 1.807) is 0 Å². The van der Waals surface area contributed by atoms with Crippen molar-refractivity contribution < 1.29 is 4.74 Å². The molecule has 1 aliphatic carbocycles. The Hall–Kier alpha value is -6.31. The van der Waals surface area contributed by atoms with Crippen LogP contribution < -0.4 is 4.74 Å². The summed E-state index contributed by atoms with van der Waals surface area (Å²) in [7, 11) is 0. The molecule has 4 nitrogen and oxygen atoms in total. The molecule has 0 saturated heterocycles. The minimum atomic E-state index is -0.635. The highest BCUT2D eigenvalue weighted by atomic mass is 16.5. The van der Waals surface area contributed by atoms with Gasteiger partial charge in [-0.3, -0.25) is 0 Å². The molecule has 0 atom stereocenters. The van der Waals surface area contributed by atoms with Gasteiger partial charge in [0.2, 0.25) is 0 Å². The van der Waals surface area contributed by atoms with Crippen molar-refractivity contribution in [3.8, 4) is 56.1 Å². The molecule has 0 fully saturated rings. The van der Waals surface area contributed by atoms with E-state index in [0.29, 0.717) is 5.69 Å². The second-order valence-corrected chi connectivity index (χ2v) is 12.9. The number of rotatable bonds is 3. The van der Waals surface area contributed by atoms with Gasteiger partial charge < -0.3 is 4.74 Å². The van der Waals surface area contributed by atoms with Gasteiger partial charge in [0.1, 0.15) is 17.3 Å². The van der Waals surface area contributed by atoms with Crippen LogP contribution in [0.25, 0.3) is 49.5 Å². The first kappa shape index (κ1) is 28.9. The maximum atomic E-state index is 7.88. The van der Waals surface area contributed by atoms with Crippen LogP contribution in [0.1, 0.15) is 39.3 Å². The first-order chi connectivity index (χ1) is 23.9. The Bertz CT molecular complexity index is 2490. The lowest BCUT2D eigenvalue weighted by atomic mass is 9.66. The van der Waals surface area contributed by atoms with Gasteiger partial charge in [0.25, 0.3) is 0 Å². The summed E-state index contributed by atoms with van der Waals surface area (Å²) in [6.45, 7) is 14.0. The van der Waals surface area contributed by atoms with Gasteiger partial charge in [0, 0.05) is 22.4 Å². The van der Waals surface area contributed by atoms with Crippen molar-refractivity contribution >= 4 is 5.69 Å². The number of ether oxygens (including phenoxy) is 1. The maximum Gasteiger partial charge on any atom is 0.187 e. The molecule has 6 aromatic carbocycles. The van der Waals surface area contributed by atoms with Gasteiger partial charge in [-0.1, -0.05) is 103 Å². The molecule has 0 radical (unpaired) electrons. The van der Waals surface area contributed by atoms with E-state index in [-0.39, 0.29) is 0 Å². The van der Waals surface area contributed by atoms with E-state index in [0.717, 1.165) is 84.3 Å². The van der Waals surface area contributed by atoms with Gasteiger partial charge in [0.15, 0.2) is 5.69 Å². The van der Waals surface area contributed by atoms with Crippen LogP contribution in [-0.4, -0.2) is 9.97 Å². The second-order valence-electron chi connectivity index (χ2n) is 12.9. The number of para-hydroxylation sites is 2. The lowest BCUT2D eigenvalue weighted by molar-refractivity contribution is 0.436. The third-order valence-corrected chi connectivity index (χ3v) is 10.2. The van der Waals surface area contributed by atoms with Crippen molar-refractivity contribution in [2.75, 3.05) is 0 Å². The zero-order valence-corrected chi connectivity index (χ0v) is 27.5. The fourth-order valence-electron chi connectivity index (χ4n) is 7.91. The molecular weight excluding hydrogens is 599 g/mol. The summed E-state index contributed by atoms with van der Waals surface area (Å²) in [6, 6.07) is 47.1. The van der Waals surface area contributed by atoms with E-state index in [2.05, 4.69) is 132 Å². The summed E-state index contributed by atoms with van der Waals surface area (Å²) < 4.78 is 6.52. The van der Waals surface area contributed by atoms with Gasteiger partial charge in [0.05, 0.1) is 17.7 Å². The minimum absolute atomic E-state index is 0.630. The Balaban J connectivity index is 1.23. The Morgan fingerprint density at radius 2 is 1.08 bits per heavy atom. The van der Waals surface area contributed by atoms with Crippen molar-refractivity contribution in [1.82, 2.24) is 9.97 Å². The third kappa shape index (κ3) is 4.29. The molecule has 0 N–H and O–H groups in total. The summed E-state index contributed by atoms with van der Waals surface area (Å²) in [4.78, 5) is 13.2. The average Bonchev–Trinajstić information content (AvgIpc) is 3.42. The fraction of sp³-hybridized carbons (Fsp3) is 0.0889. The largest absolute Gasteiger partial charge is 0.457 e. The number of nitrogens with zero attached hydrogens (tertiary/aromatic N) is 3. The first-order valence-corrected chi connectivity index (χ1v) is 16.5. The lowest BCUT2D eigenvalue weighted by Crippen LogP contribution is -2.32. The molecule has 0 amide bonds. The van der Waals surface area contributed by atoms with E-state index in [1.165, 1.54) is 11.1 Å². The molecule has 1 spiro atoms. The fourth-order valence-corrected chi connectivity index (χ4v) is 7.91. The van der Waals surface area contributed by atoms with Crippen molar-refractivity contribution in [1.29, 1.82) is 0 Å². The first-order valence-electron chi connectivity index (χ1n) is 16.5. The van der Waals surface area contributed by atoms with E-state index in [1.807, 2.05) is 32.0 Å². The predicted molar refractivity (Wildman–Crippen MR) is 196 cm³/mol. The summed E-state index contributed by atoms with van der Waals surface area (Å²) >= 11 is 0. The molecule has 9 rings (SSSR count). The number of hydrogen-bond donors (Lipinski definition) is 0. The van der Waals surface area contributed by atoms with E-state index >= 15 is 0 Å². The normalized spacial score (nSPS) is 13.1. The molecule has 0 unspecified atom stereocenters. The molecule has 1 aromatic heterocycles. The molecule has 232 valence electrons. The molecule has 4 heteroatoms. The van der Waals surface area contributed by atoms with Crippen LogP contribution in [-0.2, 0) is 5.41 Å². The zero-order valence-electron chi connectivity index (χ0n) is 27.5. The third-order valence-electron chi connectivity index (χ3n) is 10.2. The Kier molecular flexibility index (Phi) is 6.41. The minimum Gasteiger partial charge on any atom is -0.457 e. The standard InChI is InChI=1S/C45H31N3O/c1-27-28(2)47-29(3)48-44(27)34-14-10-13-32(24-34)30-11-9-12-31(23-30)33-19-21-36-37-22-20-35(46-4)26-41(37)45(40(36)25-33)38-15-5-7-17-42(38)49-43-18-8-6-16-39(43)45/h5-26H,1-3H3. The summed E-state index contributed by atoms with van der Waals surface area (Å²) in [6.07, 6.45) is 0. The molecule has 2 aliphatic rings. The monoisotopic (exact) mass is 629 g/mol. The van der Waals surface area contributed by atoms with Crippen molar-refractivity contribution in [3.63, 3.8) is 0 Å². The van der Waals surface area contributed by atoms with Crippen LogP contribution in [0.4, 0.5) is 5.69 Å².